The molecule has 0 saturated carbocycles. The Balaban J connectivity index is 1.82. The van der Waals surface area contributed by atoms with E-state index in [9.17, 15) is 8.42 Å². The molecule has 0 saturated heterocycles. The summed E-state index contributed by atoms with van der Waals surface area (Å²) in [6.45, 7) is 7.35. The predicted octanol–water partition coefficient (Wildman–Crippen LogP) is 4.27. The Morgan fingerprint density at radius 3 is 2.10 bits per heavy atom. The standard InChI is InChI=1S/C24H31N3O2S/c1-24(2,3)25-16-18-9-6-10-19(15-18)17-26-30(28,29)23-14-8-11-20-21(23)12-7-13-22(20)27(4)5/h6-15,25-26H,16-17H2,1-5H3. The fourth-order valence-electron chi connectivity index (χ4n) is 3.36. The molecule has 0 unspecified atom stereocenters. The summed E-state index contributed by atoms with van der Waals surface area (Å²) in [7, 11) is 0.248. The number of hydrogen-bond donors (Lipinski definition) is 2. The van der Waals surface area contributed by atoms with Crippen LogP contribution in [0.2, 0.25) is 0 Å². The van der Waals surface area contributed by atoms with Gasteiger partial charge in [0.15, 0.2) is 0 Å². The largest absolute Gasteiger partial charge is 0.377 e. The van der Waals surface area contributed by atoms with Gasteiger partial charge in [-0.25, -0.2) is 13.1 Å². The molecule has 0 aliphatic heterocycles. The highest BCUT2D eigenvalue weighted by Crippen LogP contribution is 2.30. The van der Waals surface area contributed by atoms with E-state index < -0.39 is 10.0 Å². The van der Waals surface area contributed by atoms with Gasteiger partial charge in [0, 0.05) is 49.2 Å². The fraction of sp³-hybridized carbons (Fsp3) is 0.333. The first-order valence-corrected chi connectivity index (χ1v) is 11.6. The summed E-state index contributed by atoms with van der Waals surface area (Å²) in [5.74, 6) is 0. The van der Waals surface area contributed by atoms with Gasteiger partial charge in [0.2, 0.25) is 10.0 Å². The Morgan fingerprint density at radius 2 is 1.43 bits per heavy atom. The fourth-order valence-corrected chi connectivity index (χ4v) is 4.60. The van der Waals surface area contributed by atoms with E-state index in [1.54, 1.807) is 12.1 Å². The molecule has 0 aliphatic carbocycles. The number of rotatable bonds is 7. The molecule has 160 valence electrons. The summed E-state index contributed by atoms with van der Waals surface area (Å²) in [6, 6.07) is 19.1. The van der Waals surface area contributed by atoms with Gasteiger partial charge in [-0.2, -0.15) is 0 Å². The van der Waals surface area contributed by atoms with Crippen LogP contribution in [-0.2, 0) is 23.1 Å². The van der Waals surface area contributed by atoms with Crippen LogP contribution in [0.25, 0.3) is 10.8 Å². The maximum absolute atomic E-state index is 13.1. The number of sulfonamides is 1. The number of benzene rings is 3. The molecule has 5 nitrogen and oxygen atoms in total. The lowest BCUT2D eigenvalue weighted by Crippen LogP contribution is -2.35. The summed E-state index contributed by atoms with van der Waals surface area (Å²) in [5, 5.41) is 5.09. The molecule has 0 aliphatic rings. The van der Waals surface area contributed by atoms with Crippen LogP contribution in [0.3, 0.4) is 0 Å². The Labute approximate surface area is 180 Å². The first-order valence-electron chi connectivity index (χ1n) is 10.1. The molecular weight excluding hydrogens is 394 g/mol. The summed E-state index contributed by atoms with van der Waals surface area (Å²) >= 11 is 0. The Morgan fingerprint density at radius 1 is 0.833 bits per heavy atom. The average Bonchev–Trinajstić information content (AvgIpc) is 2.69. The number of fused-ring (bicyclic) bond motifs is 1. The second-order valence-electron chi connectivity index (χ2n) is 8.77. The van der Waals surface area contributed by atoms with Crippen LogP contribution in [0.5, 0.6) is 0 Å². The summed E-state index contributed by atoms with van der Waals surface area (Å²) in [5.41, 5.74) is 3.07. The lowest BCUT2D eigenvalue weighted by molar-refractivity contribution is 0.424. The maximum atomic E-state index is 13.1. The molecule has 6 heteroatoms. The third-order valence-electron chi connectivity index (χ3n) is 4.91. The van der Waals surface area contributed by atoms with Gasteiger partial charge in [-0.15, -0.1) is 0 Å². The molecular formula is C24H31N3O2S. The van der Waals surface area contributed by atoms with E-state index >= 15 is 0 Å². The van der Waals surface area contributed by atoms with Crippen LogP contribution in [0.4, 0.5) is 5.69 Å². The third kappa shape index (κ3) is 5.39. The van der Waals surface area contributed by atoms with Gasteiger partial charge in [0.1, 0.15) is 0 Å². The van der Waals surface area contributed by atoms with Crippen molar-refractivity contribution >= 4 is 26.5 Å². The van der Waals surface area contributed by atoms with E-state index in [2.05, 4.69) is 30.8 Å². The molecule has 3 aromatic carbocycles. The molecule has 3 aromatic rings. The van der Waals surface area contributed by atoms with Crippen LogP contribution in [0.15, 0.2) is 65.6 Å². The molecule has 0 fully saturated rings. The molecule has 30 heavy (non-hydrogen) atoms. The molecule has 2 N–H and O–H groups in total. The normalized spacial score (nSPS) is 12.3. The number of nitrogens with one attached hydrogen (secondary N) is 2. The molecule has 0 atom stereocenters. The van der Waals surface area contributed by atoms with Crippen molar-refractivity contribution in [2.75, 3.05) is 19.0 Å². The van der Waals surface area contributed by atoms with Gasteiger partial charge in [-0.05, 0) is 44.0 Å². The lowest BCUT2D eigenvalue weighted by atomic mass is 10.1. The number of hydrogen-bond acceptors (Lipinski definition) is 4. The van der Waals surface area contributed by atoms with E-state index in [1.165, 1.54) is 0 Å². The molecule has 0 bridgehead atoms. The Hall–Kier alpha value is -2.41. The summed E-state index contributed by atoms with van der Waals surface area (Å²) < 4.78 is 29.0. The van der Waals surface area contributed by atoms with E-state index in [0.29, 0.717) is 4.90 Å². The monoisotopic (exact) mass is 425 g/mol. The van der Waals surface area contributed by atoms with Crippen molar-refractivity contribution in [3.05, 3.63) is 71.8 Å². The Kier molecular flexibility index (Phi) is 6.50. The van der Waals surface area contributed by atoms with E-state index in [0.717, 1.165) is 34.1 Å². The van der Waals surface area contributed by atoms with Crippen LogP contribution < -0.4 is 14.9 Å². The maximum Gasteiger partial charge on any atom is 0.241 e. The smallest absolute Gasteiger partial charge is 0.241 e. The second-order valence-corrected chi connectivity index (χ2v) is 10.5. The molecule has 0 radical (unpaired) electrons. The second kappa shape index (κ2) is 8.76. The average molecular weight is 426 g/mol. The minimum atomic E-state index is -3.66. The number of nitrogens with zero attached hydrogens (tertiary/aromatic N) is 1. The van der Waals surface area contributed by atoms with Gasteiger partial charge in [-0.1, -0.05) is 48.5 Å². The van der Waals surface area contributed by atoms with Crippen molar-refractivity contribution in [2.45, 2.75) is 44.3 Å². The predicted molar refractivity (Wildman–Crippen MR) is 125 cm³/mol. The van der Waals surface area contributed by atoms with Crippen molar-refractivity contribution < 1.29 is 8.42 Å². The number of anilines is 1. The quantitative estimate of drug-likeness (QED) is 0.593. The minimum Gasteiger partial charge on any atom is -0.377 e. The van der Waals surface area contributed by atoms with Gasteiger partial charge in [0.25, 0.3) is 0 Å². The summed E-state index contributed by atoms with van der Waals surface area (Å²) in [4.78, 5) is 2.29. The van der Waals surface area contributed by atoms with E-state index in [4.69, 9.17) is 0 Å². The van der Waals surface area contributed by atoms with Gasteiger partial charge < -0.3 is 10.2 Å². The highest BCUT2D eigenvalue weighted by molar-refractivity contribution is 7.89. The zero-order valence-corrected chi connectivity index (χ0v) is 19.2. The zero-order chi connectivity index (χ0) is 21.9. The van der Waals surface area contributed by atoms with Crippen molar-refractivity contribution in [3.63, 3.8) is 0 Å². The molecule has 0 spiro atoms. The lowest BCUT2D eigenvalue weighted by Gasteiger charge is -2.20. The van der Waals surface area contributed by atoms with Gasteiger partial charge >= 0.3 is 0 Å². The van der Waals surface area contributed by atoms with Crippen molar-refractivity contribution in [3.8, 4) is 0 Å². The topological polar surface area (TPSA) is 61.4 Å². The minimum absolute atomic E-state index is 0.0252. The Bertz CT molecular complexity index is 1130. The van der Waals surface area contributed by atoms with Crippen molar-refractivity contribution in [2.24, 2.45) is 0 Å². The molecule has 0 heterocycles. The summed E-state index contributed by atoms with van der Waals surface area (Å²) in [6.07, 6.45) is 0. The molecule has 3 rings (SSSR count). The first-order chi connectivity index (χ1) is 14.1. The van der Waals surface area contributed by atoms with Crippen LogP contribution in [0.1, 0.15) is 31.9 Å². The van der Waals surface area contributed by atoms with E-state index in [1.807, 2.05) is 67.5 Å². The highest BCUT2D eigenvalue weighted by Gasteiger charge is 2.18. The van der Waals surface area contributed by atoms with Gasteiger partial charge in [0.05, 0.1) is 4.90 Å². The van der Waals surface area contributed by atoms with Gasteiger partial charge in [-0.3, -0.25) is 0 Å². The van der Waals surface area contributed by atoms with Crippen LogP contribution >= 0.6 is 0 Å². The van der Waals surface area contributed by atoms with Crippen LogP contribution in [-0.4, -0.2) is 28.1 Å². The third-order valence-corrected chi connectivity index (χ3v) is 6.37. The SMILES string of the molecule is CN(C)c1cccc2c(S(=O)(=O)NCc3cccc(CNC(C)(C)C)c3)cccc12. The molecule has 0 amide bonds. The zero-order valence-electron chi connectivity index (χ0n) is 18.4. The molecule has 0 aromatic heterocycles. The van der Waals surface area contributed by atoms with Crippen molar-refractivity contribution in [1.82, 2.24) is 10.0 Å². The first kappa shape index (κ1) is 22.3. The van der Waals surface area contributed by atoms with E-state index in [-0.39, 0.29) is 12.1 Å². The van der Waals surface area contributed by atoms with Crippen molar-refractivity contribution in [1.29, 1.82) is 0 Å². The van der Waals surface area contributed by atoms with Crippen LogP contribution in [0, 0.1) is 0 Å². The highest BCUT2D eigenvalue weighted by atomic mass is 32.2.